The summed E-state index contributed by atoms with van der Waals surface area (Å²) in [6, 6.07) is 18.6. The average molecular weight is 632 g/mol. The number of aromatic nitrogens is 1. The van der Waals surface area contributed by atoms with E-state index in [2.05, 4.69) is 4.98 Å². The lowest BCUT2D eigenvalue weighted by Gasteiger charge is -2.31. The number of alkyl halides is 3. The Bertz CT molecular complexity index is 1930. The van der Waals surface area contributed by atoms with E-state index in [-0.39, 0.29) is 35.2 Å². The van der Waals surface area contributed by atoms with Crippen LogP contribution in [-0.2, 0) is 6.18 Å². The Hall–Kier alpha value is -4.77. The first-order chi connectivity index (χ1) is 21.7. The lowest BCUT2D eigenvalue weighted by molar-refractivity contribution is -0.137. The zero-order valence-electron chi connectivity index (χ0n) is 24.2. The summed E-state index contributed by atoms with van der Waals surface area (Å²) >= 11 is 1.38. The highest BCUT2D eigenvalue weighted by Crippen LogP contribution is 2.34. The van der Waals surface area contributed by atoms with E-state index in [0.29, 0.717) is 53.6 Å². The number of amides is 2. The molecule has 1 fully saturated rings. The maximum absolute atomic E-state index is 13.6. The standard InChI is InChI=1S/C34H28F3N3O4S/c1-2-40(28-19-44-29-10-6-5-9-26(29)30(28)41)33(43)27-20-45-31(38-27)22-15-17-39(18-16-22)32(42)25-8-4-3-7-24(25)21-11-13-23(14-12-21)34(35,36)37/h3-14,19-20,22H,2,15-18H2,1H3. The molecule has 0 radical (unpaired) electrons. The van der Waals surface area contributed by atoms with Crippen molar-refractivity contribution in [2.24, 2.45) is 0 Å². The van der Waals surface area contributed by atoms with E-state index in [0.717, 1.165) is 17.1 Å². The molecule has 5 aromatic rings. The Labute approximate surface area is 260 Å². The number of para-hydroxylation sites is 1. The lowest BCUT2D eigenvalue weighted by Crippen LogP contribution is -2.38. The van der Waals surface area contributed by atoms with Crippen molar-refractivity contribution < 1.29 is 27.2 Å². The highest BCUT2D eigenvalue weighted by Gasteiger charge is 2.31. The van der Waals surface area contributed by atoms with Gasteiger partial charge in [-0.3, -0.25) is 14.4 Å². The minimum Gasteiger partial charge on any atom is -0.462 e. The molecule has 1 aliphatic rings. The summed E-state index contributed by atoms with van der Waals surface area (Å²) in [5.74, 6) is -0.534. The molecule has 0 spiro atoms. The van der Waals surface area contributed by atoms with Gasteiger partial charge in [-0.15, -0.1) is 11.3 Å². The number of nitrogens with zero attached hydrogens (tertiary/aromatic N) is 3. The highest BCUT2D eigenvalue weighted by molar-refractivity contribution is 7.10. The Kier molecular flexibility index (Phi) is 8.28. The lowest BCUT2D eigenvalue weighted by atomic mass is 9.94. The van der Waals surface area contributed by atoms with Crippen molar-refractivity contribution in [1.82, 2.24) is 9.88 Å². The molecule has 3 heterocycles. The molecule has 0 unspecified atom stereocenters. The number of halogens is 3. The van der Waals surface area contributed by atoms with Gasteiger partial charge in [0.15, 0.2) is 0 Å². The SMILES string of the molecule is CCN(C(=O)c1csc(C2CCN(C(=O)c3ccccc3-c3ccc(C(F)(F)F)cc3)CC2)n1)c1coc2ccccc2c1=O. The van der Waals surface area contributed by atoms with Crippen LogP contribution in [-0.4, -0.2) is 41.3 Å². The molecule has 0 bridgehead atoms. The largest absolute Gasteiger partial charge is 0.462 e. The Morgan fingerprint density at radius 1 is 1.00 bits per heavy atom. The zero-order chi connectivity index (χ0) is 31.7. The molecule has 6 rings (SSSR count). The molecular weight excluding hydrogens is 603 g/mol. The minimum absolute atomic E-state index is 0.0478. The number of thiazole rings is 1. The summed E-state index contributed by atoms with van der Waals surface area (Å²) in [6.45, 7) is 2.96. The van der Waals surface area contributed by atoms with Crippen LogP contribution in [0.25, 0.3) is 22.1 Å². The second-order valence-corrected chi connectivity index (χ2v) is 11.6. The van der Waals surface area contributed by atoms with Gasteiger partial charge in [0, 0.05) is 36.5 Å². The molecule has 1 aliphatic heterocycles. The molecule has 1 saturated heterocycles. The number of carbonyl (C=O) groups excluding carboxylic acids is 2. The number of anilines is 1. The summed E-state index contributed by atoms with van der Waals surface area (Å²) in [7, 11) is 0. The van der Waals surface area contributed by atoms with Crippen molar-refractivity contribution >= 4 is 39.8 Å². The van der Waals surface area contributed by atoms with E-state index < -0.39 is 17.6 Å². The number of likely N-dealkylation sites (tertiary alicyclic amines) is 1. The van der Waals surface area contributed by atoms with Crippen LogP contribution in [0.4, 0.5) is 18.9 Å². The minimum atomic E-state index is -4.44. The molecule has 0 saturated carbocycles. The number of hydrogen-bond donors (Lipinski definition) is 0. The van der Waals surface area contributed by atoms with Crippen molar-refractivity contribution in [2.45, 2.75) is 31.9 Å². The Balaban J connectivity index is 1.14. The monoisotopic (exact) mass is 631 g/mol. The first-order valence-corrected chi connectivity index (χ1v) is 15.4. The van der Waals surface area contributed by atoms with Gasteiger partial charge in [-0.25, -0.2) is 4.98 Å². The number of benzene rings is 3. The molecule has 2 amide bonds. The number of carbonyl (C=O) groups is 2. The zero-order valence-corrected chi connectivity index (χ0v) is 25.0. The third kappa shape index (κ3) is 6.00. The second-order valence-electron chi connectivity index (χ2n) is 10.8. The van der Waals surface area contributed by atoms with Gasteiger partial charge in [0.05, 0.1) is 16.0 Å². The van der Waals surface area contributed by atoms with Crippen LogP contribution in [0.15, 0.2) is 93.7 Å². The van der Waals surface area contributed by atoms with E-state index >= 15 is 0 Å². The van der Waals surface area contributed by atoms with E-state index in [1.54, 1.807) is 65.7 Å². The quantitative estimate of drug-likeness (QED) is 0.193. The number of fused-ring (bicyclic) bond motifs is 1. The normalized spacial score (nSPS) is 14.1. The fraction of sp³-hybridized carbons (Fsp3) is 0.235. The number of piperidine rings is 1. The van der Waals surface area contributed by atoms with Crippen LogP contribution in [0.3, 0.4) is 0 Å². The van der Waals surface area contributed by atoms with Gasteiger partial charge in [-0.1, -0.05) is 42.5 Å². The smallest absolute Gasteiger partial charge is 0.416 e. The first kappa shape index (κ1) is 30.3. The summed E-state index contributed by atoms with van der Waals surface area (Å²) in [6.07, 6.45) is -1.85. The predicted molar refractivity (Wildman–Crippen MR) is 167 cm³/mol. The average Bonchev–Trinajstić information content (AvgIpc) is 3.56. The van der Waals surface area contributed by atoms with Crippen molar-refractivity contribution in [1.29, 1.82) is 0 Å². The van der Waals surface area contributed by atoms with Crippen molar-refractivity contribution in [3.05, 3.63) is 116 Å². The topological polar surface area (TPSA) is 83.7 Å². The van der Waals surface area contributed by atoms with Crippen LogP contribution in [0, 0.1) is 0 Å². The molecule has 11 heteroatoms. The third-order valence-electron chi connectivity index (χ3n) is 8.07. The van der Waals surface area contributed by atoms with Crippen LogP contribution >= 0.6 is 11.3 Å². The molecule has 0 aliphatic carbocycles. The van der Waals surface area contributed by atoms with Crippen molar-refractivity contribution in [3.63, 3.8) is 0 Å². The van der Waals surface area contributed by atoms with Crippen LogP contribution in [0.1, 0.15) is 57.1 Å². The van der Waals surface area contributed by atoms with Crippen LogP contribution < -0.4 is 10.3 Å². The fourth-order valence-electron chi connectivity index (χ4n) is 5.65. The molecule has 2 aromatic heterocycles. The van der Waals surface area contributed by atoms with E-state index in [9.17, 15) is 27.6 Å². The molecule has 45 heavy (non-hydrogen) atoms. The molecule has 3 aromatic carbocycles. The second kappa shape index (κ2) is 12.3. The van der Waals surface area contributed by atoms with Crippen LogP contribution in [0.2, 0.25) is 0 Å². The Morgan fingerprint density at radius 2 is 1.69 bits per heavy atom. The Morgan fingerprint density at radius 3 is 2.40 bits per heavy atom. The highest BCUT2D eigenvalue weighted by atomic mass is 32.1. The fourth-order valence-corrected chi connectivity index (χ4v) is 6.61. The van der Waals surface area contributed by atoms with Gasteiger partial charge < -0.3 is 14.2 Å². The summed E-state index contributed by atoms with van der Waals surface area (Å²) < 4.78 is 44.8. The van der Waals surface area contributed by atoms with Crippen molar-refractivity contribution in [2.75, 3.05) is 24.5 Å². The maximum atomic E-state index is 13.6. The van der Waals surface area contributed by atoms with Gasteiger partial charge in [0.1, 0.15) is 23.2 Å². The molecule has 0 atom stereocenters. The van der Waals surface area contributed by atoms with E-state index in [1.807, 2.05) is 0 Å². The first-order valence-electron chi connectivity index (χ1n) is 14.5. The van der Waals surface area contributed by atoms with E-state index in [1.165, 1.54) is 34.6 Å². The van der Waals surface area contributed by atoms with Crippen LogP contribution in [0.5, 0.6) is 0 Å². The molecule has 0 N–H and O–H groups in total. The maximum Gasteiger partial charge on any atom is 0.416 e. The third-order valence-corrected chi connectivity index (χ3v) is 9.07. The molecule has 230 valence electrons. The van der Waals surface area contributed by atoms with E-state index in [4.69, 9.17) is 4.42 Å². The van der Waals surface area contributed by atoms with Gasteiger partial charge in [-0.2, -0.15) is 13.2 Å². The number of rotatable bonds is 6. The van der Waals surface area contributed by atoms with Gasteiger partial charge >= 0.3 is 6.18 Å². The summed E-state index contributed by atoms with van der Waals surface area (Å²) in [4.78, 5) is 47.9. The number of hydrogen-bond acceptors (Lipinski definition) is 6. The summed E-state index contributed by atoms with van der Waals surface area (Å²) in [5, 5.41) is 2.88. The van der Waals surface area contributed by atoms with Gasteiger partial charge in [0.25, 0.3) is 11.8 Å². The van der Waals surface area contributed by atoms with Crippen molar-refractivity contribution in [3.8, 4) is 11.1 Å². The summed E-state index contributed by atoms with van der Waals surface area (Å²) in [5.41, 5.74) is 1.33. The van der Waals surface area contributed by atoms with Gasteiger partial charge in [0.2, 0.25) is 5.43 Å². The molecular formula is C34H28F3N3O4S. The van der Waals surface area contributed by atoms with Gasteiger partial charge in [-0.05, 0) is 61.2 Å². The molecule has 7 nitrogen and oxygen atoms in total. The predicted octanol–water partition coefficient (Wildman–Crippen LogP) is 7.62.